The lowest BCUT2D eigenvalue weighted by atomic mass is 9.64. The van der Waals surface area contributed by atoms with Crippen LogP contribution in [0.3, 0.4) is 0 Å². The molecule has 2 bridgehead atoms. The minimum atomic E-state index is -0.343. The van der Waals surface area contributed by atoms with Crippen LogP contribution < -0.4 is 10.1 Å². The molecule has 2 aliphatic carbocycles. The van der Waals surface area contributed by atoms with Gasteiger partial charge in [0.25, 0.3) is 0 Å². The second kappa shape index (κ2) is 8.28. The zero-order valence-electron chi connectivity index (χ0n) is 17.3. The van der Waals surface area contributed by atoms with Crippen molar-refractivity contribution in [2.24, 2.45) is 23.7 Å². The Balaban J connectivity index is 1.40. The molecule has 1 aromatic rings. The molecule has 3 aliphatic rings. The predicted molar refractivity (Wildman–Crippen MR) is 110 cm³/mol. The molecular weight excluding hydrogens is 350 g/mol. The van der Waals surface area contributed by atoms with Crippen molar-refractivity contribution in [3.8, 4) is 5.75 Å². The van der Waals surface area contributed by atoms with Gasteiger partial charge in [0.1, 0.15) is 5.75 Å². The van der Waals surface area contributed by atoms with Gasteiger partial charge in [-0.1, -0.05) is 56.9 Å². The van der Waals surface area contributed by atoms with E-state index in [1.165, 1.54) is 24.8 Å². The Morgan fingerprint density at radius 2 is 1.82 bits per heavy atom. The maximum absolute atomic E-state index is 12.2. The number of ether oxygens (including phenoxy) is 2. The standard InChI is InChI=1S/C24H33NO3/c1-15-13-16(2)22-17(3)21(15)14-27-23(22)18-9-11-20(12-10-18)28-24(26)25-19-7-5-4-6-8-19/h9-13,15,17,19,21-23H,4-8,14H2,1-3H3,(H,25,26). The molecule has 4 rings (SSSR count). The Bertz CT molecular complexity index is 720. The van der Waals surface area contributed by atoms with Gasteiger partial charge in [-0.25, -0.2) is 4.79 Å². The van der Waals surface area contributed by atoms with Gasteiger partial charge >= 0.3 is 6.09 Å². The van der Waals surface area contributed by atoms with E-state index in [0.717, 1.165) is 25.0 Å². The van der Waals surface area contributed by atoms with Crippen molar-refractivity contribution in [3.63, 3.8) is 0 Å². The van der Waals surface area contributed by atoms with E-state index in [4.69, 9.17) is 9.47 Å². The fourth-order valence-electron chi connectivity index (χ4n) is 5.52. The lowest BCUT2D eigenvalue weighted by Crippen LogP contribution is -2.42. The molecule has 0 radical (unpaired) electrons. The van der Waals surface area contributed by atoms with E-state index in [1.807, 2.05) is 24.3 Å². The van der Waals surface area contributed by atoms with Gasteiger partial charge in [0, 0.05) is 12.0 Å². The van der Waals surface area contributed by atoms with Gasteiger partial charge in [0.2, 0.25) is 0 Å². The minimum Gasteiger partial charge on any atom is -0.410 e. The van der Waals surface area contributed by atoms with Crippen molar-refractivity contribution in [2.45, 2.75) is 65.0 Å². The third-order valence-electron chi connectivity index (χ3n) is 7.11. The molecule has 1 aliphatic heterocycles. The summed E-state index contributed by atoms with van der Waals surface area (Å²) >= 11 is 0. The van der Waals surface area contributed by atoms with Gasteiger partial charge in [-0.15, -0.1) is 0 Å². The maximum Gasteiger partial charge on any atom is 0.412 e. The van der Waals surface area contributed by atoms with Crippen molar-refractivity contribution in [1.29, 1.82) is 0 Å². The molecule has 152 valence electrons. The number of amides is 1. The van der Waals surface area contributed by atoms with Crippen LogP contribution in [0, 0.1) is 23.7 Å². The van der Waals surface area contributed by atoms with Crippen LogP contribution in [0.4, 0.5) is 4.79 Å². The quantitative estimate of drug-likeness (QED) is 0.687. The molecule has 1 aromatic carbocycles. The fourth-order valence-corrected chi connectivity index (χ4v) is 5.52. The Kier molecular flexibility index (Phi) is 5.77. The molecule has 0 aromatic heterocycles. The van der Waals surface area contributed by atoms with Crippen LogP contribution in [-0.2, 0) is 4.74 Å². The normalized spacial score (nSPS) is 33.1. The van der Waals surface area contributed by atoms with Crippen molar-refractivity contribution in [1.82, 2.24) is 5.32 Å². The summed E-state index contributed by atoms with van der Waals surface area (Å²) in [6.45, 7) is 7.72. The highest BCUT2D eigenvalue weighted by Gasteiger charge is 2.43. The molecular formula is C24H33NO3. The van der Waals surface area contributed by atoms with E-state index in [2.05, 4.69) is 32.2 Å². The van der Waals surface area contributed by atoms with Crippen LogP contribution in [0.15, 0.2) is 35.9 Å². The zero-order chi connectivity index (χ0) is 19.7. The number of carbonyl (C=O) groups excluding carboxylic acids is 1. The van der Waals surface area contributed by atoms with Crippen LogP contribution in [0.2, 0.25) is 0 Å². The number of fused-ring (bicyclic) bond motifs is 2. The number of rotatable bonds is 3. The van der Waals surface area contributed by atoms with Crippen molar-refractivity contribution in [3.05, 3.63) is 41.5 Å². The molecule has 1 amide bonds. The van der Waals surface area contributed by atoms with Crippen LogP contribution in [-0.4, -0.2) is 18.7 Å². The molecule has 5 unspecified atom stereocenters. The van der Waals surface area contributed by atoms with E-state index < -0.39 is 0 Å². The highest BCUT2D eigenvalue weighted by Crippen LogP contribution is 2.49. The maximum atomic E-state index is 12.2. The number of carbonyl (C=O) groups is 1. The third-order valence-corrected chi connectivity index (χ3v) is 7.11. The smallest absolute Gasteiger partial charge is 0.410 e. The van der Waals surface area contributed by atoms with Gasteiger partial charge in [-0.3, -0.25) is 0 Å². The van der Waals surface area contributed by atoms with Crippen LogP contribution in [0.5, 0.6) is 5.75 Å². The Morgan fingerprint density at radius 3 is 2.54 bits per heavy atom. The third kappa shape index (κ3) is 3.98. The first-order valence-corrected chi connectivity index (χ1v) is 10.9. The number of allylic oxidation sites excluding steroid dienone is 1. The molecule has 0 spiro atoms. The van der Waals surface area contributed by atoms with Gasteiger partial charge in [-0.2, -0.15) is 0 Å². The summed E-state index contributed by atoms with van der Waals surface area (Å²) in [5.41, 5.74) is 2.60. The van der Waals surface area contributed by atoms with Crippen molar-refractivity contribution in [2.75, 3.05) is 6.61 Å². The molecule has 4 heteroatoms. The lowest BCUT2D eigenvalue weighted by Gasteiger charge is -2.47. The second-order valence-electron chi connectivity index (χ2n) is 9.01. The van der Waals surface area contributed by atoms with E-state index in [0.29, 0.717) is 29.4 Å². The highest BCUT2D eigenvalue weighted by atomic mass is 16.6. The molecule has 1 saturated carbocycles. The number of benzene rings is 1. The average Bonchev–Trinajstić information content (AvgIpc) is 2.67. The van der Waals surface area contributed by atoms with Gasteiger partial charge in [0.05, 0.1) is 12.7 Å². The molecule has 1 saturated heterocycles. The molecule has 4 nitrogen and oxygen atoms in total. The lowest BCUT2D eigenvalue weighted by molar-refractivity contribution is -0.0934. The summed E-state index contributed by atoms with van der Waals surface area (Å²) in [6, 6.07) is 8.13. The number of hydrogen-bond donors (Lipinski definition) is 1. The first-order valence-electron chi connectivity index (χ1n) is 10.9. The van der Waals surface area contributed by atoms with Gasteiger partial charge in [-0.05, 0) is 55.2 Å². The van der Waals surface area contributed by atoms with Crippen molar-refractivity contribution < 1.29 is 14.3 Å². The highest BCUT2D eigenvalue weighted by molar-refractivity contribution is 5.70. The molecule has 1 heterocycles. The fraction of sp³-hybridized carbons (Fsp3) is 0.625. The van der Waals surface area contributed by atoms with E-state index in [9.17, 15) is 4.79 Å². The summed E-state index contributed by atoms with van der Waals surface area (Å²) in [6.07, 6.45) is 7.93. The molecule has 28 heavy (non-hydrogen) atoms. The zero-order valence-corrected chi connectivity index (χ0v) is 17.3. The van der Waals surface area contributed by atoms with E-state index in [-0.39, 0.29) is 18.2 Å². The van der Waals surface area contributed by atoms with Crippen LogP contribution in [0.25, 0.3) is 0 Å². The van der Waals surface area contributed by atoms with Crippen LogP contribution in [0.1, 0.15) is 64.5 Å². The second-order valence-corrected chi connectivity index (χ2v) is 9.01. The molecule has 2 fully saturated rings. The summed E-state index contributed by atoms with van der Waals surface area (Å²) in [4.78, 5) is 12.2. The van der Waals surface area contributed by atoms with E-state index >= 15 is 0 Å². The number of hydrogen-bond acceptors (Lipinski definition) is 3. The summed E-state index contributed by atoms with van der Waals surface area (Å²) < 4.78 is 11.8. The SMILES string of the molecule is CC1=CC(C)C2COC(c3ccc(OC(=O)NC4CCCCC4)cc3)C1C2C. The first kappa shape index (κ1) is 19.5. The largest absolute Gasteiger partial charge is 0.412 e. The van der Waals surface area contributed by atoms with Gasteiger partial charge in [0.15, 0.2) is 0 Å². The minimum absolute atomic E-state index is 0.0834. The van der Waals surface area contributed by atoms with E-state index in [1.54, 1.807) is 0 Å². The van der Waals surface area contributed by atoms with Crippen molar-refractivity contribution >= 4 is 6.09 Å². The van der Waals surface area contributed by atoms with Gasteiger partial charge < -0.3 is 14.8 Å². The van der Waals surface area contributed by atoms with Crippen LogP contribution >= 0.6 is 0 Å². The summed E-state index contributed by atoms with van der Waals surface area (Å²) in [5.74, 6) is 2.83. The molecule has 1 N–H and O–H groups in total. The molecule has 5 atom stereocenters. The Hall–Kier alpha value is -1.81. The monoisotopic (exact) mass is 383 g/mol. The first-order chi connectivity index (χ1) is 13.5. The Morgan fingerprint density at radius 1 is 1.11 bits per heavy atom. The summed E-state index contributed by atoms with van der Waals surface area (Å²) in [5, 5.41) is 3.00. The Labute approximate surface area is 168 Å². The average molecular weight is 384 g/mol. The topological polar surface area (TPSA) is 47.6 Å². The predicted octanol–water partition coefficient (Wildman–Crippen LogP) is 5.64. The summed E-state index contributed by atoms with van der Waals surface area (Å²) in [7, 11) is 0. The number of nitrogens with one attached hydrogen (secondary N) is 1.